The zero-order valence-corrected chi connectivity index (χ0v) is 12.1. The van der Waals surface area contributed by atoms with Gasteiger partial charge in [0.2, 0.25) is 5.91 Å². The highest BCUT2D eigenvalue weighted by Gasteiger charge is 2.41. The van der Waals surface area contributed by atoms with Crippen molar-refractivity contribution >= 4 is 17.7 Å². The summed E-state index contributed by atoms with van der Waals surface area (Å²) in [7, 11) is 0. The number of carboxylic acid groups (broad SMARTS) is 1. The molecule has 1 aliphatic rings. The zero-order chi connectivity index (χ0) is 16.9. The van der Waals surface area contributed by atoms with Gasteiger partial charge in [-0.2, -0.15) is 0 Å². The first-order valence-electron chi connectivity index (χ1n) is 6.83. The number of aliphatic hydroxyl groups excluding tert-OH is 1. The van der Waals surface area contributed by atoms with E-state index >= 15 is 0 Å². The van der Waals surface area contributed by atoms with E-state index in [1.54, 1.807) is 0 Å². The smallest absolute Gasteiger partial charge is 0.320 e. The SMILES string of the molecule is NC(=O)CC[C@H](N)C(=O)C1(C[C@H](N)C(=O)O)C=CC(O)=CC1. The number of rotatable bonds is 8. The first-order valence-corrected chi connectivity index (χ1v) is 6.83. The Morgan fingerprint density at radius 2 is 1.91 bits per heavy atom. The van der Waals surface area contributed by atoms with Gasteiger partial charge in [0.25, 0.3) is 0 Å². The molecular weight excluding hydrogens is 290 g/mol. The summed E-state index contributed by atoms with van der Waals surface area (Å²) in [4.78, 5) is 34.4. The second-order valence-corrected chi connectivity index (χ2v) is 5.45. The molecule has 0 saturated heterocycles. The van der Waals surface area contributed by atoms with Crippen LogP contribution in [0.3, 0.4) is 0 Å². The van der Waals surface area contributed by atoms with E-state index < -0.39 is 35.2 Å². The molecule has 0 aromatic carbocycles. The molecule has 0 aliphatic heterocycles. The number of aliphatic hydroxyl groups is 1. The van der Waals surface area contributed by atoms with Gasteiger partial charge in [-0.1, -0.05) is 6.08 Å². The summed E-state index contributed by atoms with van der Waals surface area (Å²) >= 11 is 0. The van der Waals surface area contributed by atoms with Crippen molar-refractivity contribution in [2.45, 2.75) is 37.8 Å². The normalized spacial score (nSPS) is 23.5. The van der Waals surface area contributed by atoms with Gasteiger partial charge in [-0.05, 0) is 31.4 Å². The fourth-order valence-electron chi connectivity index (χ4n) is 2.38. The van der Waals surface area contributed by atoms with Crippen LogP contribution in [0.15, 0.2) is 24.0 Å². The van der Waals surface area contributed by atoms with Gasteiger partial charge in [0, 0.05) is 6.42 Å². The molecule has 0 spiro atoms. The lowest BCUT2D eigenvalue weighted by molar-refractivity contribution is -0.140. The van der Waals surface area contributed by atoms with Gasteiger partial charge < -0.3 is 27.4 Å². The molecule has 8 nitrogen and oxygen atoms in total. The first kappa shape index (κ1) is 17.9. The van der Waals surface area contributed by atoms with Crippen LogP contribution in [0.4, 0.5) is 0 Å². The molecule has 1 rings (SSSR count). The van der Waals surface area contributed by atoms with E-state index in [2.05, 4.69) is 0 Å². The quantitative estimate of drug-likeness (QED) is 0.396. The maximum atomic E-state index is 12.6. The molecule has 1 unspecified atom stereocenters. The van der Waals surface area contributed by atoms with Crippen molar-refractivity contribution in [2.75, 3.05) is 0 Å². The maximum absolute atomic E-state index is 12.6. The van der Waals surface area contributed by atoms with Crippen molar-refractivity contribution in [3.63, 3.8) is 0 Å². The topological polar surface area (TPSA) is 170 Å². The molecule has 1 aliphatic carbocycles. The molecule has 0 fully saturated rings. The summed E-state index contributed by atoms with van der Waals surface area (Å²) in [5.41, 5.74) is 15.2. The number of nitrogens with two attached hydrogens (primary N) is 3. The third-order valence-corrected chi connectivity index (χ3v) is 3.68. The van der Waals surface area contributed by atoms with Crippen LogP contribution in [-0.2, 0) is 14.4 Å². The highest BCUT2D eigenvalue weighted by molar-refractivity contribution is 5.93. The van der Waals surface area contributed by atoms with Gasteiger partial charge >= 0.3 is 5.97 Å². The number of primary amides is 1. The van der Waals surface area contributed by atoms with Crippen molar-refractivity contribution < 1.29 is 24.6 Å². The van der Waals surface area contributed by atoms with Crippen molar-refractivity contribution in [3.05, 3.63) is 24.0 Å². The minimum atomic E-state index is -1.24. The fourth-order valence-corrected chi connectivity index (χ4v) is 2.38. The van der Waals surface area contributed by atoms with E-state index in [4.69, 9.17) is 22.3 Å². The lowest BCUT2D eigenvalue weighted by Crippen LogP contribution is -2.47. The highest BCUT2D eigenvalue weighted by atomic mass is 16.4. The van der Waals surface area contributed by atoms with E-state index in [1.165, 1.54) is 18.2 Å². The Hall–Kier alpha value is -2.19. The van der Waals surface area contributed by atoms with Gasteiger partial charge in [0.05, 0.1) is 11.5 Å². The van der Waals surface area contributed by atoms with Gasteiger partial charge in [-0.25, -0.2) is 0 Å². The second-order valence-electron chi connectivity index (χ2n) is 5.45. The molecule has 0 saturated carbocycles. The largest absolute Gasteiger partial charge is 0.508 e. The molecule has 22 heavy (non-hydrogen) atoms. The number of allylic oxidation sites excluding steroid dienone is 3. The van der Waals surface area contributed by atoms with E-state index in [1.807, 2.05) is 0 Å². The average Bonchev–Trinajstić information content (AvgIpc) is 2.46. The third kappa shape index (κ3) is 4.40. The lowest BCUT2D eigenvalue weighted by Gasteiger charge is -2.33. The van der Waals surface area contributed by atoms with Crippen molar-refractivity contribution in [1.82, 2.24) is 0 Å². The summed E-state index contributed by atoms with van der Waals surface area (Å²) in [6.45, 7) is 0. The monoisotopic (exact) mass is 311 g/mol. The summed E-state index contributed by atoms with van der Waals surface area (Å²) in [6.07, 6.45) is 4.13. The van der Waals surface area contributed by atoms with E-state index in [0.717, 1.165) is 0 Å². The predicted molar refractivity (Wildman–Crippen MR) is 78.5 cm³/mol. The number of carbonyl (C=O) groups is 3. The summed E-state index contributed by atoms with van der Waals surface area (Å²) in [5.74, 6) is -2.25. The molecule has 0 heterocycles. The number of hydrogen-bond donors (Lipinski definition) is 5. The minimum Gasteiger partial charge on any atom is -0.508 e. The molecule has 1 amide bonds. The Balaban J connectivity index is 2.95. The standard InChI is InChI=1S/C14H21N3O5/c15-9(1-2-11(17)19)12(20)14(7-10(16)13(21)22)5-3-8(18)4-6-14/h3-5,9-10,18H,1-2,6-7,15-16H2,(H2,17,19)(H,21,22)/t9-,10-,14?/m0/s1. The van der Waals surface area contributed by atoms with Crippen LogP contribution >= 0.6 is 0 Å². The van der Waals surface area contributed by atoms with Crippen LogP contribution in [0.1, 0.15) is 25.7 Å². The van der Waals surface area contributed by atoms with Crippen LogP contribution in [0.2, 0.25) is 0 Å². The van der Waals surface area contributed by atoms with Gasteiger partial charge in [0.15, 0.2) is 5.78 Å². The number of carboxylic acids is 1. The molecule has 8 heteroatoms. The van der Waals surface area contributed by atoms with Crippen molar-refractivity contribution in [3.8, 4) is 0 Å². The van der Waals surface area contributed by atoms with E-state index in [-0.39, 0.29) is 31.4 Å². The number of ketones is 1. The zero-order valence-electron chi connectivity index (χ0n) is 12.1. The summed E-state index contributed by atoms with van der Waals surface area (Å²) < 4.78 is 0. The van der Waals surface area contributed by atoms with Crippen LogP contribution in [0.5, 0.6) is 0 Å². The van der Waals surface area contributed by atoms with Crippen LogP contribution in [0.25, 0.3) is 0 Å². The average molecular weight is 311 g/mol. The Morgan fingerprint density at radius 1 is 1.27 bits per heavy atom. The molecule has 0 bridgehead atoms. The van der Waals surface area contributed by atoms with Crippen molar-refractivity contribution in [2.24, 2.45) is 22.6 Å². The summed E-state index contributed by atoms with van der Waals surface area (Å²) in [6, 6.07) is -2.21. The second kappa shape index (κ2) is 7.19. The molecule has 0 aromatic rings. The molecule has 122 valence electrons. The maximum Gasteiger partial charge on any atom is 0.320 e. The molecule has 8 N–H and O–H groups in total. The summed E-state index contributed by atoms with van der Waals surface area (Å²) in [5, 5.41) is 18.4. The number of Topliss-reactive ketones (excluding diaryl/α,β-unsaturated/α-hetero) is 1. The number of hydrogen-bond acceptors (Lipinski definition) is 6. The minimum absolute atomic E-state index is 0.0157. The molecular formula is C14H21N3O5. The molecule has 0 aromatic heterocycles. The highest BCUT2D eigenvalue weighted by Crippen LogP contribution is 2.36. The molecule has 3 atom stereocenters. The lowest BCUT2D eigenvalue weighted by atomic mass is 9.70. The predicted octanol–water partition coefficient (Wildman–Crippen LogP) is -0.661. The fraction of sp³-hybridized carbons (Fsp3) is 0.500. The van der Waals surface area contributed by atoms with Crippen LogP contribution in [0, 0.1) is 5.41 Å². The Bertz CT molecular complexity index is 529. The van der Waals surface area contributed by atoms with Gasteiger partial charge in [0.1, 0.15) is 11.8 Å². The van der Waals surface area contributed by atoms with Crippen molar-refractivity contribution in [1.29, 1.82) is 0 Å². The number of aliphatic carboxylic acids is 1. The third-order valence-electron chi connectivity index (χ3n) is 3.68. The first-order chi connectivity index (χ1) is 10.2. The molecule has 0 radical (unpaired) electrons. The Labute approximate surface area is 127 Å². The van der Waals surface area contributed by atoms with E-state index in [0.29, 0.717) is 0 Å². The number of carbonyl (C=O) groups excluding carboxylic acids is 2. The Kier molecular flexibility index (Phi) is 5.84. The Morgan fingerprint density at radius 3 is 2.36 bits per heavy atom. The van der Waals surface area contributed by atoms with E-state index in [9.17, 15) is 19.5 Å². The van der Waals surface area contributed by atoms with Crippen LogP contribution in [-0.4, -0.2) is 40.0 Å². The van der Waals surface area contributed by atoms with Gasteiger partial charge in [-0.15, -0.1) is 0 Å². The van der Waals surface area contributed by atoms with Gasteiger partial charge in [-0.3, -0.25) is 14.4 Å². The number of amides is 1. The van der Waals surface area contributed by atoms with Crippen LogP contribution < -0.4 is 17.2 Å².